The van der Waals surface area contributed by atoms with Gasteiger partial charge in [0.25, 0.3) is 0 Å². The third-order valence-electron chi connectivity index (χ3n) is 3.16. The number of amides is 2. The minimum atomic E-state index is -0.453. The van der Waals surface area contributed by atoms with Crippen LogP contribution in [0, 0.1) is 0 Å². The van der Waals surface area contributed by atoms with Crippen molar-refractivity contribution in [3.8, 4) is 0 Å². The summed E-state index contributed by atoms with van der Waals surface area (Å²) in [4.78, 5) is 25.1. The molecule has 2 aromatic carbocycles. The van der Waals surface area contributed by atoms with E-state index in [1.165, 1.54) is 0 Å². The lowest BCUT2D eigenvalue weighted by molar-refractivity contribution is 0.256. The quantitative estimate of drug-likeness (QED) is 0.805. The molecule has 5 heteroatoms. The first-order valence-electron chi connectivity index (χ1n) is 6.55. The van der Waals surface area contributed by atoms with Crippen LogP contribution in [0.2, 0.25) is 0 Å². The van der Waals surface area contributed by atoms with Crippen LogP contribution in [-0.2, 0) is 0 Å². The highest BCUT2D eigenvalue weighted by molar-refractivity contribution is 5.82. The number of benzene rings is 2. The van der Waals surface area contributed by atoms with E-state index in [9.17, 15) is 4.79 Å². The van der Waals surface area contributed by atoms with E-state index in [1.807, 2.05) is 49.3 Å². The number of fused-ring (bicyclic) bond motifs is 1. The first-order valence-corrected chi connectivity index (χ1v) is 6.55. The molecule has 2 aromatic rings. The average molecular weight is 278 g/mol. The number of nitrogens with zero attached hydrogens (tertiary/aromatic N) is 4. The summed E-state index contributed by atoms with van der Waals surface area (Å²) < 4.78 is 0. The van der Waals surface area contributed by atoms with E-state index in [1.54, 1.807) is 18.3 Å². The smallest absolute Gasteiger partial charge is 0.368 e. The number of aliphatic imine (C=N–C) groups is 1. The Kier molecular flexibility index (Phi) is 3.31. The minimum absolute atomic E-state index is 0.453. The van der Waals surface area contributed by atoms with Crippen molar-refractivity contribution in [2.75, 3.05) is 19.0 Å². The van der Waals surface area contributed by atoms with Gasteiger partial charge in [-0.3, -0.25) is 4.99 Å². The maximum Gasteiger partial charge on any atom is 0.368 e. The molecule has 5 nitrogen and oxygen atoms in total. The maximum atomic E-state index is 11.1. The molecule has 0 N–H and O–H groups in total. The van der Waals surface area contributed by atoms with E-state index in [4.69, 9.17) is 0 Å². The second kappa shape index (κ2) is 5.28. The van der Waals surface area contributed by atoms with E-state index in [2.05, 4.69) is 15.0 Å². The Morgan fingerprint density at radius 1 is 1.00 bits per heavy atom. The van der Waals surface area contributed by atoms with Crippen LogP contribution >= 0.6 is 0 Å². The fraction of sp³-hybridized carbons (Fsp3) is 0.125. The molecule has 0 aliphatic carbocycles. The molecule has 21 heavy (non-hydrogen) atoms. The number of carbonyl (C=O) groups excluding carboxylic acids is 1. The molecule has 0 spiro atoms. The number of hydrogen-bond donors (Lipinski definition) is 0. The fourth-order valence-electron chi connectivity index (χ4n) is 2.01. The van der Waals surface area contributed by atoms with Gasteiger partial charge in [0.2, 0.25) is 0 Å². The molecule has 104 valence electrons. The van der Waals surface area contributed by atoms with Crippen LogP contribution in [0.5, 0.6) is 0 Å². The highest BCUT2D eigenvalue weighted by Crippen LogP contribution is 2.12. The number of rotatable bonds is 3. The predicted octanol–water partition coefficient (Wildman–Crippen LogP) is 1.88. The first kappa shape index (κ1) is 13.2. The van der Waals surface area contributed by atoms with Crippen molar-refractivity contribution in [1.29, 1.82) is 0 Å². The molecule has 0 saturated heterocycles. The standard InChI is InChI=1S/C16H14N4O/c1-20(2)13-6-3-11(4-7-13)10-17-12-5-8-14-15(9-12)19-16(21)18-14/h3-10H,1-2H3. The van der Waals surface area contributed by atoms with E-state index in [0.29, 0.717) is 10.7 Å². The molecule has 0 aromatic heterocycles. The van der Waals surface area contributed by atoms with Crippen molar-refractivity contribution in [1.82, 2.24) is 0 Å². The van der Waals surface area contributed by atoms with Crippen molar-refractivity contribution in [3.05, 3.63) is 58.7 Å². The number of carbonyl (C=O) groups is 1. The molecule has 1 aliphatic rings. The zero-order valence-electron chi connectivity index (χ0n) is 11.8. The van der Waals surface area contributed by atoms with Gasteiger partial charge in [-0.1, -0.05) is 12.1 Å². The summed E-state index contributed by atoms with van der Waals surface area (Å²) >= 11 is 0. The molecule has 0 atom stereocenters. The molecule has 3 rings (SSSR count). The Morgan fingerprint density at radius 2 is 1.71 bits per heavy atom. The van der Waals surface area contributed by atoms with E-state index < -0.39 is 6.03 Å². The lowest BCUT2D eigenvalue weighted by Crippen LogP contribution is -2.20. The monoisotopic (exact) mass is 278 g/mol. The van der Waals surface area contributed by atoms with Crippen molar-refractivity contribution in [2.24, 2.45) is 15.0 Å². The number of hydrogen-bond acceptors (Lipinski definition) is 3. The Morgan fingerprint density at radius 3 is 2.43 bits per heavy atom. The first-order chi connectivity index (χ1) is 10.1. The van der Waals surface area contributed by atoms with Gasteiger partial charge in [0.1, 0.15) is 0 Å². The highest BCUT2D eigenvalue weighted by Gasteiger charge is 2.04. The second-order valence-electron chi connectivity index (χ2n) is 4.92. The molecular weight excluding hydrogens is 264 g/mol. The summed E-state index contributed by atoms with van der Waals surface area (Å²) in [6.45, 7) is 0. The summed E-state index contributed by atoms with van der Waals surface area (Å²) in [5, 5.41) is 1.19. The third kappa shape index (κ3) is 2.86. The molecular formula is C16H14N4O. The fourth-order valence-corrected chi connectivity index (χ4v) is 2.01. The van der Waals surface area contributed by atoms with Crippen LogP contribution in [0.3, 0.4) is 0 Å². The topological polar surface area (TPSA) is 57.4 Å². The Hall–Kier alpha value is -2.82. The van der Waals surface area contributed by atoms with Crippen molar-refractivity contribution in [3.63, 3.8) is 0 Å². The van der Waals surface area contributed by atoms with Crippen LogP contribution < -0.4 is 15.6 Å². The van der Waals surface area contributed by atoms with E-state index in [0.717, 1.165) is 16.9 Å². The largest absolute Gasteiger partial charge is 0.378 e. The lowest BCUT2D eigenvalue weighted by Gasteiger charge is -2.11. The Balaban J connectivity index is 1.84. The zero-order chi connectivity index (χ0) is 14.8. The number of urea groups is 1. The van der Waals surface area contributed by atoms with Crippen LogP contribution in [0.4, 0.5) is 16.2 Å². The Labute approximate surface area is 122 Å². The third-order valence-corrected chi connectivity index (χ3v) is 3.16. The number of anilines is 1. The molecule has 0 radical (unpaired) electrons. The average Bonchev–Trinajstić information content (AvgIpc) is 2.84. The van der Waals surface area contributed by atoms with Crippen molar-refractivity contribution < 1.29 is 4.79 Å². The van der Waals surface area contributed by atoms with Gasteiger partial charge in [-0.2, -0.15) is 9.98 Å². The van der Waals surface area contributed by atoms with Crippen LogP contribution in [0.15, 0.2) is 57.4 Å². The normalized spacial score (nSPS) is 13.0. The van der Waals surface area contributed by atoms with Gasteiger partial charge < -0.3 is 4.90 Å². The van der Waals surface area contributed by atoms with Gasteiger partial charge in [-0.05, 0) is 35.9 Å². The van der Waals surface area contributed by atoms with Gasteiger partial charge in [-0.15, -0.1) is 0 Å². The molecule has 0 fully saturated rings. The zero-order valence-corrected chi connectivity index (χ0v) is 11.8. The summed E-state index contributed by atoms with van der Waals surface area (Å²) in [6, 6.07) is 13.0. The predicted molar refractivity (Wildman–Crippen MR) is 82.2 cm³/mol. The SMILES string of the molecule is CN(C)c1ccc(C=Nc2ccc3c(c2)=NC(=O)N=3)cc1. The Bertz CT molecular complexity index is 836. The highest BCUT2D eigenvalue weighted by atomic mass is 16.2. The van der Waals surface area contributed by atoms with Gasteiger partial charge in [0.05, 0.1) is 16.4 Å². The van der Waals surface area contributed by atoms with Crippen molar-refractivity contribution >= 4 is 23.6 Å². The second-order valence-corrected chi connectivity index (χ2v) is 4.92. The maximum absolute atomic E-state index is 11.1. The summed E-state index contributed by atoms with van der Waals surface area (Å²) in [5.74, 6) is 0. The minimum Gasteiger partial charge on any atom is -0.378 e. The molecule has 0 bridgehead atoms. The summed E-state index contributed by atoms with van der Waals surface area (Å²) in [5.41, 5.74) is 2.90. The molecule has 0 unspecified atom stereocenters. The lowest BCUT2D eigenvalue weighted by atomic mass is 10.2. The molecule has 1 aliphatic heterocycles. The molecule has 0 saturated carbocycles. The van der Waals surface area contributed by atoms with Crippen LogP contribution in [0.25, 0.3) is 0 Å². The molecule has 1 heterocycles. The van der Waals surface area contributed by atoms with Gasteiger partial charge in [-0.25, -0.2) is 4.79 Å². The van der Waals surface area contributed by atoms with Crippen LogP contribution in [0.1, 0.15) is 5.56 Å². The van der Waals surface area contributed by atoms with E-state index in [-0.39, 0.29) is 0 Å². The molecule has 2 amide bonds. The van der Waals surface area contributed by atoms with Crippen LogP contribution in [-0.4, -0.2) is 26.3 Å². The van der Waals surface area contributed by atoms with Gasteiger partial charge >= 0.3 is 6.03 Å². The summed E-state index contributed by atoms with van der Waals surface area (Å²) in [6.07, 6.45) is 1.79. The van der Waals surface area contributed by atoms with Gasteiger partial charge in [0, 0.05) is 26.0 Å². The van der Waals surface area contributed by atoms with Crippen molar-refractivity contribution in [2.45, 2.75) is 0 Å². The van der Waals surface area contributed by atoms with E-state index >= 15 is 0 Å². The van der Waals surface area contributed by atoms with Gasteiger partial charge in [0.15, 0.2) is 0 Å². The summed E-state index contributed by atoms with van der Waals surface area (Å²) in [7, 11) is 4.01.